The lowest BCUT2D eigenvalue weighted by atomic mass is 9.76. The number of hydrogen-bond acceptors (Lipinski definition) is 0. The third kappa shape index (κ3) is 5.68. The first kappa shape index (κ1) is 19.7. The van der Waals surface area contributed by atoms with Gasteiger partial charge in [-0.25, -0.2) is 0 Å². The molecule has 1 unspecified atom stereocenters. The van der Waals surface area contributed by atoms with Crippen LogP contribution in [-0.4, -0.2) is 0 Å². The number of benzene rings is 1. The third-order valence-corrected chi connectivity index (χ3v) is 5.10. The van der Waals surface area contributed by atoms with Crippen LogP contribution in [-0.2, 0) is 0 Å². The lowest BCUT2D eigenvalue weighted by Crippen LogP contribution is -2.14. The summed E-state index contributed by atoms with van der Waals surface area (Å²) in [6, 6.07) is 6.54. The minimum atomic E-state index is 0.183. The SMILES string of the molecule is C=C1c2cccc(C)c2/C=C\C(C)CCC1(C)C.CCC(C)C. The van der Waals surface area contributed by atoms with Gasteiger partial charge in [-0.05, 0) is 59.3 Å². The van der Waals surface area contributed by atoms with Crippen LogP contribution in [0.25, 0.3) is 11.6 Å². The van der Waals surface area contributed by atoms with E-state index in [2.05, 4.69) is 85.4 Å². The summed E-state index contributed by atoms with van der Waals surface area (Å²) in [4.78, 5) is 0. The third-order valence-electron chi connectivity index (χ3n) is 5.10. The Kier molecular flexibility index (Phi) is 7.32. The van der Waals surface area contributed by atoms with Crippen molar-refractivity contribution in [3.63, 3.8) is 0 Å². The molecule has 0 heteroatoms. The molecule has 1 aliphatic rings. The van der Waals surface area contributed by atoms with Crippen LogP contribution in [0.4, 0.5) is 0 Å². The monoisotopic (exact) mass is 312 g/mol. The van der Waals surface area contributed by atoms with Crippen LogP contribution >= 0.6 is 0 Å². The van der Waals surface area contributed by atoms with Gasteiger partial charge in [-0.15, -0.1) is 0 Å². The van der Waals surface area contributed by atoms with Gasteiger partial charge in [0.25, 0.3) is 0 Å². The maximum atomic E-state index is 4.38. The molecule has 1 aromatic carbocycles. The highest BCUT2D eigenvalue weighted by molar-refractivity contribution is 5.77. The van der Waals surface area contributed by atoms with Crippen LogP contribution in [0.15, 0.2) is 30.9 Å². The standard InChI is InChI=1S/C18H24.C5H12/c1-13-9-10-16-14(2)7-6-8-17(16)15(3)18(4,5)12-11-13;1-4-5(2)3/h6-10,13H,3,11-12H2,1-2,4-5H3;5H,4H2,1-3H3/b10-9-;. The molecular weight excluding hydrogens is 276 g/mol. The molecule has 2 rings (SSSR count). The molecule has 128 valence electrons. The Morgan fingerprint density at radius 2 is 1.87 bits per heavy atom. The van der Waals surface area contributed by atoms with Gasteiger partial charge in [0.15, 0.2) is 0 Å². The highest BCUT2D eigenvalue weighted by Crippen LogP contribution is 2.41. The van der Waals surface area contributed by atoms with E-state index in [-0.39, 0.29) is 5.41 Å². The summed E-state index contributed by atoms with van der Waals surface area (Å²) in [5, 5.41) is 0. The lowest BCUT2D eigenvalue weighted by molar-refractivity contribution is 0.412. The molecule has 0 saturated carbocycles. The number of rotatable bonds is 1. The van der Waals surface area contributed by atoms with Crippen LogP contribution in [0.1, 0.15) is 77.5 Å². The molecule has 0 amide bonds. The van der Waals surface area contributed by atoms with Crippen LogP contribution in [0.3, 0.4) is 0 Å². The Bertz CT molecular complexity index is 543. The van der Waals surface area contributed by atoms with Crippen molar-refractivity contribution in [1.82, 2.24) is 0 Å². The van der Waals surface area contributed by atoms with E-state index in [1.807, 2.05) is 0 Å². The second-order valence-corrected chi connectivity index (χ2v) is 8.08. The second-order valence-electron chi connectivity index (χ2n) is 8.08. The molecule has 0 fully saturated rings. The van der Waals surface area contributed by atoms with Crippen molar-refractivity contribution >= 4 is 11.6 Å². The molecule has 0 spiro atoms. The zero-order valence-electron chi connectivity index (χ0n) is 16.4. The predicted molar refractivity (Wildman–Crippen MR) is 107 cm³/mol. The van der Waals surface area contributed by atoms with Gasteiger partial charge in [0.05, 0.1) is 0 Å². The Labute approximate surface area is 144 Å². The van der Waals surface area contributed by atoms with Crippen molar-refractivity contribution in [2.24, 2.45) is 17.3 Å². The largest absolute Gasteiger partial charge is 0.0947 e. The smallest absolute Gasteiger partial charge is 0.0103 e. The highest BCUT2D eigenvalue weighted by atomic mass is 14.3. The normalized spacial score (nSPS) is 21.4. The topological polar surface area (TPSA) is 0 Å². The molecule has 0 nitrogen and oxygen atoms in total. The molecule has 0 aliphatic heterocycles. The van der Waals surface area contributed by atoms with Gasteiger partial charge in [0, 0.05) is 0 Å². The Hall–Kier alpha value is -1.30. The van der Waals surface area contributed by atoms with Gasteiger partial charge in [0.1, 0.15) is 0 Å². The zero-order chi connectivity index (χ0) is 17.6. The fourth-order valence-corrected chi connectivity index (χ4v) is 2.63. The molecule has 0 saturated heterocycles. The number of allylic oxidation sites excluding steroid dienone is 2. The van der Waals surface area contributed by atoms with Gasteiger partial charge in [-0.1, -0.05) is 84.9 Å². The van der Waals surface area contributed by atoms with E-state index >= 15 is 0 Å². The van der Waals surface area contributed by atoms with E-state index in [9.17, 15) is 0 Å². The van der Waals surface area contributed by atoms with E-state index in [0.29, 0.717) is 5.92 Å². The first-order chi connectivity index (χ1) is 10.7. The van der Waals surface area contributed by atoms with Crippen molar-refractivity contribution in [3.8, 4) is 0 Å². The van der Waals surface area contributed by atoms with Crippen LogP contribution in [0.2, 0.25) is 0 Å². The Balaban J connectivity index is 0.000000463. The van der Waals surface area contributed by atoms with Crippen molar-refractivity contribution < 1.29 is 0 Å². The maximum Gasteiger partial charge on any atom is -0.0103 e. The summed E-state index contributed by atoms with van der Waals surface area (Å²) in [6.07, 6.45) is 8.38. The van der Waals surface area contributed by atoms with E-state index in [1.54, 1.807) is 0 Å². The first-order valence-corrected chi connectivity index (χ1v) is 9.16. The molecule has 0 radical (unpaired) electrons. The fraction of sp³-hybridized carbons (Fsp3) is 0.565. The van der Waals surface area contributed by atoms with Gasteiger partial charge >= 0.3 is 0 Å². The Morgan fingerprint density at radius 1 is 1.26 bits per heavy atom. The lowest BCUT2D eigenvalue weighted by Gasteiger charge is -2.29. The molecule has 1 aromatic rings. The Morgan fingerprint density at radius 3 is 2.43 bits per heavy atom. The van der Waals surface area contributed by atoms with E-state index < -0.39 is 0 Å². The van der Waals surface area contributed by atoms with E-state index in [0.717, 1.165) is 5.92 Å². The summed E-state index contributed by atoms with van der Waals surface area (Å²) < 4.78 is 0. The molecule has 1 atom stereocenters. The second kappa shape index (κ2) is 8.52. The quantitative estimate of drug-likeness (QED) is 0.502. The predicted octanol–water partition coefficient (Wildman–Crippen LogP) is 7.53. The summed E-state index contributed by atoms with van der Waals surface area (Å²) in [7, 11) is 0. The summed E-state index contributed by atoms with van der Waals surface area (Å²) in [5.74, 6) is 1.53. The maximum absolute atomic E-state index is 4.38. The summed E-state index contributed by atoms with van der Waals surface area (Å²) >= 11 is 0. The van der Waals surface area contributed by atoms with Crippen molar-refractivity contribution in [1.29, 1.82) is 0 Å². The van der Waals surface area contributed by atoms with Gasteiger partial charge in [0.2, 0.25) is 0 Å². The average molecular weight is 313 g/mol. The zero-order valence-corrected chi connectivity index (χ0v) is 16.4. The van der Waals surface area contributed by atoms with E-state index in [4.69, 9.17) is 0 Å². The van der Waals surface area contributed by atoms with E-state index in [1.165, 1.54) is 41.5 Å². The molecule has 0 heterocycles. The molecule has 0 aromatic heterocycles. The molecule has 23 heavy (non-hydrogen) atoms. The molecule has 0 N–H and O–H groups in total. The van der Waals surface area contributed by atoms with Gasteiger partial charge in [-0.2, -0.15) is 0 Å². The average Bonchev–Trinajstić information content (AvgIpc) is 2.54. The minimum absolute atomic E-state index is 0.183. The number of aryl methyl sites for hydroxylation is 1. The molecule has 0 bridgehead atoms. The number of fused-ring (bicyclic) bond motifs is 1. The van der Waals surface area contributed by atoms with Gasteiger partial charge in [-0.3, -0.25) is 0 Å². The summed E-state index contributed by atoms with van der Waals surface area (Å²) in [5.41, 5.74) is 5.48. The van der Waals surface area contributed by atoms with Gasteiger partial charge < -0.3 is 0 Å². The van der Waals surface area contributed by atoms with Crippen molar-refractivity contribution in [3.05, 3.63) is 47.5 Å². The highest BCUT2D eigenvalue weighted by Gasteiger charge is 2.25. The minimum Gasteiger partial charge on any atom is -0.0947 e. The van der Waals surface area contributed by atoms with Crippen molar-refractivity contribution in [2.45, 2.75) is 67.7 Å². The van der Waals surface area contributed by atoms with Crippen LogP contribution in [0.5, 0.6) is 0 Å². The first-order valence-electron chi connectivity index (χ1n) is 9.16. The fourth-order valence-electron chi connectivity index (χ4n) is 2.63. The van der Waals surface area contributed by atoms with Crippen LogP contribution < -0.4 is 0 Å². The van der Waals surface area contributed by atoms with Crippen molar-refractivity contribution in [2.75, 3.05) is 0 Å². The summed E-state index contributed by atoms with van der Waals surface area (Å²) in [6.45, 7) is 20.2. The van der Waals surface area contributed by atoms with Crippen LogP contribution in [0, 0.1) is 24.2 Å². The molecular formula is C23H36. The number of hydrogen-bond donors (Lipinski definition) is 0. The molecule has 1 aliphatic carbocycles.